The van der Waals surface area contributed by atoms with E-state index >= 15 is 0 Å². The summed E-state index contributed by atoms with van der Waals surface area (Å²) >= 11 is -1.14. The number of hydrogen-bond acceptors (Lipinski definition) is 3. The van der Waals surface area contributed by atoms with Gasteiger partial charge in [0.2, 0.25) is 0 Å². The largest absolute Gasteiger partial charge is 0.611 e. The van der Waals surface area contributed by atoms with Crippen LogP contribution in [0.1, 0.15) is 17.0 Å². The molecule has 0 spiro atoms. The molecule has 3 aromatic rings. The fourth-order valence-electron chi connectivity index (χ4n) is 2.60. The zero-order chi connectivity index (χ0) is 16.9. The van der Waals surface area contributed by atoms with Crippen LogP contribution in [0.3, 0.4) is 0 Å². The molecule has 3 rings (SSSR count). The van der Waals surface area contributed by atoms with Gasteiger partial charge in [-0.15, -0.1) is 0 Å². The first-order valence-corrected chi connectivity index (χ1v) is 9.18. The van der Waals surface area contributed by atoms with Crippen molar-refractivity contribution in [3.8, 4) is 5.69 Å². The van der Waals surface area contributed by atoms with E-state index in [1.54, 1.807) is 0 Å². The summed E-state index contributed by atoms with van der Waals surface area (Å²) in [6, 6.07) is 19.4. The van der Waals surface area contributed by atoms with E-state index in [1.807, 2.05) is 72.3 Å². The molecule has 1 aromatic heterocycles. The number of aromatic nitrogens is 2. The van der Waals surface area contributed by atoms with E-state index in [1.165, 1.54) is 0 Å². The van der Waals surface area contributed by atoms with Gasteiger partial charge in [-0.1, -0.05) is 30.3 Å². The van der Waals surface area contributed by atoms with Gasteiger partial charge in [0.15, 0.2) is 10.6 Å². The first-order valence-electron chi connectivity index (χ1n) is 7.86. The van der Waals surface area contributed by atoms with Crippen molar-refractivity contribution in [2.75, 3.05) is 6.61 Å². The van der Waals surface area contributed by atoms with Crippen LogP contribution in [0.25, 0.3) is 5.69 Å². The average Bonchev–Trinajstić information content (AvgIpc) is 2.97. The van der Waals surface area contributed by atoms with Crippen molar-refractivity contribution in [1.82, 2.24) is 9.78 Å². The van der Waals surface area contributed by atoms with Crippen LogP contribution in [0, 0.1) is 6.92 Å². The molecule has 0 fully saturated rings. The van der Waals surface area contributed by atoms with Crippen molar-refractivity contribution in [3.63, 3.8) is 0 Å². The van der Waals surface area contributed by atoms with E-state index in [2.05, 4.69) is 5.10 Å². The minimum atomic E-state index is -1.14. The van der Waals surface area contributed by atoms with E-state index in [4.69, 9.17) is 5.11 Å². The molecule has 0 radical (unpaired) electrons. The predicted octanol–water partition coefficient (Wildman–Crippen LogP) is 3.02. The Labute approximate surface area is 145 Å². The quantitative estimate of drug-likeness (QED) is 0.702. The van der Waals surface area contributed by atoms with Gasteiger partial charge in [0, 0.05) is 6.61 Å². The van der Waals surface area contributed by atoms with Crippen LogP contribution in [-0.2, 0) is 23.3 Å². The molecule has 1 N–H and O–H groups in total. The van der Waals surface area contributed by atoms with Gasteiger partial charge in [-0.25, -0.2) is 4.68 Å². The van der Waals surface area contributed by atoms with Crippen LogP contribution < -0.4 is 0 Å². The lowest BCUT2D eigenvalue weighted by molar-refractivity contribution is 0.299. The zero-order valence-corrected chi connectivity index (χ0v) is 14.4. The Morgan fingerprint density at radius 1 is 1.08 bits per heavy atom. The Hall–Kier alpha value is -2.08. The van der Waals surface area contributed by atoms with Gasteiger partial charge in [0.05, 0.1) is 17.1 Å². The molecular formula is C19H20N2O2S. The van der Waals surface area contributed by atoms with Crippen molar-refractivity contribution >= 4 is 11.2 Å². The van der Waals surface area contributed by atoms with Crippen molar-refractivity contribution < 1.29 is 9.66 Å². The standard InChI is InChI=1S/C19H20N2O2S/c1-15-13-18(21(20-15)17-5-3-2-4-6-17)14-24(23)19-9-7-16(8-10-19)11-12-22/h2-10,13,22H,11-12,14H2,1H3. The highest BCUT2D eigenvalue weighted by Gasteiger charge is 2.17. The van der Waals surface area contributed by atoms with Crippen molar-refractivity contribution in [3.05, 3.63) is 77.6 Å². The van der Waals surface area contributed by atoms with Crippen molar-refractivity contribution in [1.29, 1.82) is 0 Å². The number of benzene rings is 2. The molecule has 1 heterocycles. The Morgan fingerprint density at radius 3 is 2.46 bits per heavy atom. The second-order valence-corrected chi connectivity index (χ2v) is 7.08. The van der Waals surface area contributed by atoms with Crippen LogP contribution in [0.4, 0.5) is 0 Å². The van der Waals surface area contributed by atoms with E-state index in [0.29, 0.717) is 12.2 Å². The summed E-state index contributed by atoms with van der Waals surface area (Å²) in [5.74, 6) is 0.412. The third-order valence-electron chi connectivity index (χ3n) is 3.77. The Kier molecular flexibility index (Phi) is 5.35. The normalized spacial score (nSPS) is 12.3. The number of aryl methyl sites for hydroxylation is 1. The molecule has 1 unspecified atom stereocenters. The summed E-state index contributed by atoms with van der Waals surface area (Å²) in [5, 5.41) is 13.5. The van der Waals surface area contributed by atoms with Gasteiger partial charge in [0.1, 0.15) is 0 Å². The van der Waals surface area contributed by atoms with Crippen LogP contribution in [-0.4, -0.2) is 26.0 Å². The Bertz CT molecular complexity index is 785. The summed E-state index contributed by atoms with van der Waals surface area (Å²) in [7, 11) is 0. The minimum Gasteiger partial charge on any atom is -0.611 e. The fraction of sp³-hybridized carbons (Fsp3) is 0.211. The van der Waals surface area contributed by atoms with Crippen molar-refractivity contribution in [2.45, 2.75) is 24.0 Å². The van der Waals surface area contributed by atoms with Gasteiger partial charge in [-0.05, 0) is 60.4 Å². The molecule has 5 heteroatoms. The highest BCUT2D eigenvalue weighted by molar-refractivity contribution is 7.90. The molecule has 0 amide bonds. The van der Waals surface area contributed by atoms with Crippen molar-refractivity contribution in [2.24, 2.45) is 0 Å². The molecule has 0 aliphatic heterocycles. The molecule has 1 atom stereocenters. The third kappa shape index (κ3) is 3.87. The summed E-state index contributed by atoms with van der Waals surface area (Å²) in [5.41, 5.74) is 3.85. The molecule has 124 valence electrons. The lowest BCUT2D eigenvalue weighted by Gasteiger charge is -2.12. The van der Waals surface area contributed by atoms with E-state index in [-0.39, 0.29) is 6.61 Å². The first-order chi connectivity index (χ1) is 11.7. The molecule has 0 aliphatic carbocycles. The number of hydrogen-bond donors (Lipinski definition) is 1. The van der Waals surface area contributed by atoms with E-state index < -0.39 is 11.2 Å². The van der Waals surface area contributed by atoms with Crippen LogP contribution in [0.2, 0.25) is 0 Å². The smallest absolute Gasteiger partial charge is 0.153 e. The van der Waals surface area contributed by atoms with E-state index in [0.717, 1.165) is 27.5 Å². The van der Waals surface area contributed by atoms with Gasteiger partial charge in [0.25, 0.3) is 0 Å². The number of nitrogens with zero attached hydrogens (tertiary/aromatic N) is 2. The summed E-state index contributed by atoms with van der Waals surface area (Å²) < 4.78 is 14.6. The van der Waals surface area contributed by atoms with E-state index in [9.17, 15) is 4.55 Å². The first kappa shape index (κ1) is 16.8. The highest BCUT2D eigenvalue weighted by Crippen LogP contribution is 2.20. The van der Waals surface area contributed by atoms with Gasteiger partial charge < -0.3 is 9.66 Å². The van der Waals surface area contributed by atoms with Gasteiger partial charge in [-0.3, -0.25) is 0 Å². The maximum atomic E-state index is 12.7. The summed E-state index contributed by atoms with van der Waals surface area (Å²) in [6.45, 7) is 2.06. The highest BCUT2D eigenvalue weighted by atomic mass is 32.2. The fourth-order valence-corrected chi connectivity index (χ4v) is 3.68. The minimum absolute atomic E-state index is 0.123. The zero-order valence-electron chi connectivity index (χ0n) is 13.6. The molecular weight excluding hydrogens is 320 g/mol. The number of aliphatic hydroxyl groups excluding tert-OH is 1. The van der Waals surface area contributed by atoms with Gasteiger partial charge in [-0.2, -0.15) is 5.10 Å². The summed E-state index contributed by atoms with van der Waals surface area (Å²) in [4.78, 5) is 0.787. The topological polar surface area (TPSA) is 61.1 Å². The monoisotopic (exact) mass is 340 g/mol. The Balaban J connectivity index is 1.81. The molecule has 24 heavy (non-hydrogen) atoms. The Morgan fingerprint density at radius 2 is 1.79 bits per heavy atom. The maximum absolute atomic E-state index is 12.7. The molecule has 2 aromatic carbocycles. The predicted molar refractivity (Wildman–Crippen MR) is 95.6 cm³/mol. The third-order valence-corrected chi connectivity index (χ3v) is 5.13. The second kappa shape index (κ2) is 7.66. The average molecular weight is 340 g/mol. The second-order valence-electron chi connectivity index (χ2n) is 5.63. The van der Waals surface area contributed by atoms with Gasteiger partial charge >= 0.3 is 0 Å². The maximum Gasteiger partial charge on any atom is 0.153 e. The number of rotatable bonds is 6. The molecule has 4 nitrogen and oxygen atoms in total. The lowest BCUT2D eigenvalue weighted by atomic mass is 10.2. The van der Waals surface area contributed by atoms with Crippen LogP contribution >= 0.6 is 0 Å². The molecule has 0 saturated heterocycles. The lowest BCUT2D eigenvalue weighted by Crippen LogP contribution is -2.10. The van der Waals surface area contributed by atoms with Crippen LogP contribution in [0.15, 0.2) is 65.6 Å². The van der Waals surface area contributed by atoms with Crippen LogP contribution in [0.5, 0.6) is 0 Å². The number of para-hydroxylation sites is 1. The molecule has 0 aliphatic rings. The molecule has 0 saturated carbocycles. The molecule has 0 bridgehead atoms. The summed E-state index contributed by atoms with van der Waals surface area (Å²) in [6.07, 6.45) is 0.618. The SMILES string of the molecule is Cc1cc(C[S+]([O-])c2ccc(CCO)cc2)n(-c2ccccc2)n1. The number of aliphatic hydroxyl groups is 1.